The van der Waals surface area contributed by atoms with Gasteiger partial charge in [0.15, 0.2) is 29.0 Å². The van der Waals surface area contributed by atoms with E-state index in [4.69, 9.17) is 24.2 Å². The van der Waals surface area contributed by atoms with Crippen molar-refractivity contribution in [1.82, 2.24) is 24.4 Å². The second kappa shape index (κ2) is 13.5. The predicted molar refractivity (Wildman–Crippen MR) is 162 cm³/mol. The Bertz CT molecular complexity index is 1420. The molecule has 11 nitrogen and oxygen atoms in total. The number of methoxy groups -OCH3 is 1. The first kappa shape index (κ1) is 29.6. The lowest BCUT2D eigenvalue weighted by molar-refractivity contribution is -0.0580. The Morgan fingerprint density at radius 3 is 2.30 bits per heavy atom. The normalized spacial score (nSPS) is 23.4. The summed E-state index contributed by atoms with van der Waals surface area (Å²) in [5.41, 5.74) is 3.40. The molecule has 0 bridgehead atoms. The van der Waals surface area contributed by atoms with Gasteiger partial charge < -0.3 is 34.6 Å². The van der Waals surface area contributed by atoms with Gasteiger partial charge in [0.25, 0.3) is 0 Å². The molecule has 0 aliphatic carbocycles. The highest BCUT2D eigenvalue weighted by Gasteiger charge is 2.44. The van der Waals surface area contributed by atoms with Gasteiger partial charge in [-0.1, -0.05) is 60.7 Å². The Morgan fingerprint density at radius 2 is 1.65 bits per heavy atom. The van der Waals surface area contributed by atoms with E-state index in [2.05, 4.69) is 46.5 Å². The molecule has 0 amide bonds. The van der Waals surface area contributed by atoms with E-state index in [-0.39, 0.29) is 25.2 Å². The summed E-state index contributed by atoms with van der Waals surface area (Å²) in [5, 5.41) is 25.0. The molecule has 4 aromatic rings. The molecule has 0 spiro atoms. The number of hydrogen-bond acceptors (Lipinski definition) is 10. The minimum atomic E-state index is -1.18. The Labute approximate surface area is 251 Å². The predicted octanol–water partition coefficient (Wildman–Crippen LogP) is 2.95. The largest absolute Gasteiger partial charge is 0.387 e. The van der Waals surface area contributed by atoms with E-state index in [1.807, 2.05) is 36.4 Å². The fraction of sp³-hybridized carbons (Fsp3) is 0.469. The van der Waals surface area contributed by atoms with E-state index < -0.39 is 24.5 Å². The summed E-state index contributed by atoms with van der Waals surface area (Å²) in [6, 6.07) is 20.7. The number of aromatic nitrogens is 4. The van der Waals surface area contributed by atoms with Gasteiger partial charge in [-0.25, -0.2) is 15.0 Å². The van der Waals surface area contributed by atoms with Crippen molar-refractivity contribution in [3.8, 4) is 0 Å². The summed E-state index contributed by atoms with van der Waals surface area (Å²) in [5.74, 6) is 1.15. The number of ether oxygens (including phenoxy) is 3. The van der Waals surface area contributed by atoms with Crippen LogP contribution in [0.25, 0.3) is 11.2 Å². The first-order valence-electron chi connectivity index (χ1n) is 14.9. The van der Waals surface area contributed by atoms with Crippen LogP contribution >= 0.6 is 0 Å². The highest BCUT2D eigenvalue weighted by atomic mass is 16.6. The number of imidazole rings is 1. The zero-order valence-corrected chi connectivity index (χ0v) is 24.6. The van der Waals surface area contributed by atoms with Crippen molar-refractivity contribution in [2.75, 3.05) is 45.7 Å². The van der Waals surface area contributed by atoms with Gasteiger partial charge in [-0.15, -0.1) is 0 Å². The minimum Gasteiger partial charge on any atom is -0.387 e. The minimum absolute atomic E-state index is 0.0679. The number of rotatable bonds is 11. The number of anilines is 1. The number of hydrogen-bond donors (Lipinski definition) is 3. The van der Waals surface area contributed by atoms with Gasteiger partial charge in [-0.05, 0) is 31.0 Å². The van der Waals surface area contributed by atoms with Crippen molar-refractivity contribution in [1.29, 1.82) is 0 Å². The molecule has 3 N–H and O–H groups in total. The van der Waals surface area contributed by atoms with Crippen LogP contribution in [0.5, 0.6) is 0 Å². The van der Waals surface area contributed by atoms with Crippen LogP contribution in [0.1, 0.15) is 41.9 Å². The van der Waals surface area contributed by atoms with E-state index in [1.54, 1.807) is 10.9 Å². The molecule has 2 aliphatic rings. The van der Waals surface area contributed by atoms with Gasteiger partial charge in [-0.3, -0.25) is 4.57 Å². The molecule has 4 atom stereocenters. The molecular formula is C32H40N6O5. The van der Waals surface area contributed by atoms with Gasteiger partial charge >= 0.3 is 0 Å². The highest BCUT2D eigenvalue weighted by molar-refractivity contribution is 5.83. The molecule has 228 valence electrons. The Balaban J connectivity index is 1.32. The molecule has 2 aromatic carbocycles. The third-order valence-corrected chi connectivity index (χ3v) is 8.40. The van der Waals surface area contributed by atoms with E-state index in [0.717, 1.165) is 25.9 Å². The number of piperidine rings is 1. The van der Waals surface area contributed by atoms with Gasteiger partial charge in [0, 0.05) is 32.7 Å². The summed E-state index contributed by atoms with van der Waals surface area (Å²) < 4.78 is 19.1. The number of nitrogens with one attached hydrogen (secondary N) is 1. The van der Waals surface area contributed by atoms with Crippen LogP contribution in [0.4, 0.5) is 5.82 Å². The van der Waals surface area contributed by atoms with Crippen LogP contribution < -0.4 is 5.32 Å². The molecule has 2 saturated heterocycles. The smallest absolute Gasteiger partial charge is 0.168 e. The number of fused-ring (bicyclic) bond motifs is 1. The van der Waals surface area contributed by atoms with Gasteiger partial charge in [-0.2, -0.15) is 0 Å². The van der Waals surface area contributed by atoms with Gasteiger partial charge in [0.05, 0.1) is 19.0 Å². The first-order chi connectivity index (χ1) is 21.0. The van der Waals surface area contributed by atoms with E-state index >= 15 is 0 Å². The van der Waals surface area contributed by atoms with E-state index in [9.17, 15) is 10.2 Å². The zero-order valence-electron chi connectivity index (χ0n) is 24.6. The van der Waals surface area contributed by atoms with Crippen molar-refractivity contribution in [3.63, 3.8) is 0 Å². The molecule has 11 heteroatoms. The molecule has 2 aromatic heterocycles. The molecule has 2 fully saturated rings. The van der Waals surface area contributed by atoms with Crippen LogP contribution in [0.2, 0.25) is 0 Å². The average molecular weight is 589 g/mol. The summed E-state index contributed by atoms with van der Waals surface area (Å²) >= 11 is 0. The second-order valence-electron chi connectivity index (χ2n) is 11.4. The highest BCUT2D eigenvalue weighted by Crippen LogP contribution is 2.33. The van der Waals surface area contributed by atoms with Crippen LogP contribution in [0, 0.1) is 0 Å². The molecule has 0 unspecified atom stereocenters. The van der Waals surface area contributed by atoms with Crippen LogP contribution in [-0.4, -0.2) is 99.4 Å². The summed E-state index contributed by atoms with van der Waals surface area (Å²) in [4.78, 5) is 16.6. The molecule has 43 heavy (non-hydrogen) atoms. The topological polar surface area (TPSA) is 127 Å². The van der Waals surface area contributed by atoms with E-state index in [1.165, 1.54) is 18.2 Å². The summed E-state index contributed by atoms with van der Waals surface area (Å²) in [6.45, 7) is 2.95. The number of likely N-dealkylation sites (tertiary alicyclic amines) is 1. The Morgan fingerprint density at radius 1 is 0.977 bits per heavy atom. The molecule has 0 radical (unpaired) electrons. The molecule has 6 rings (SSSR count). The zero-order chi connectivity index (χ0) is 29.8. The first-order valence-corrected chi connectivity index (χ1v) is 14.9. The number of nitrogens with zero attached hydrogens (tertiary/aromatic N) is 5. The number of benzene rings is 2. The fourth-order valence-electron chi connectivity index (χ4n) is 5.94. The monoisotopic (exact) mass is 588 g/mol. The standard InChI is InChI=1S/C32H40N6O5/c1-37-15-13-23(14-16-37)42-19-26-35-30(33-17-24(21-9-5-3-6-10-21)22-11-7-4-8-12-22)27-31(36-26)38(20-34-27)32-29(40)28(39)25(43-32)18-41-2/h3-12,20,23-25,28-29,32,39-40H,13-19H2,1-2H3,(H,33,35,36)/t25-,28-,29-,32-/m1/s1. The Hall–Kier alpha value is -3.45. The summed E-state index contributed by atoms with van der Waals surface area (Å²) in [7, 11) is 3.65. The van der Waals surface area contributed by atoms with Crippen LogP contribution in [0.3, 0.4) is 0 Å². The number of aliphatic hydroxyl groups is 2. The maximum absolute atomic E-state index is 10.9. The molecular weight excluding hydrogens is 548 g/mol. The maximum atomic E-state index is 10.9. The van der Waals surface area contributed by atoms with E-state index in [0.29, 0.717) is 29.4 Å². The van der Waals surface area contributed by atoms with Crippen LogP contribution in [0.15, 0.2) is 67.0 Å². The number of aliphatic hydroxyl groups excluding tert-OH is 2. The second-order valence-corrected chi connectivity index (χ2v) is 11.4. The third kappa shape index (κ3) is 6.57. The van der Waals surface area contributed by atoms with Crippen molar-refractivity contribution in [2.24, 2.45) is 0 Å². The lowest BCUT2D eigenvalue weighted by Crippen LogP contribution is -2.34. The quantitative estimate of drug-likeness (QED) is 0.241. The average Bonchev–Trinajstić information content (AvgIpc) is 3.58. The van der Waals surface area contributed by atoms with Crippen molar-refractivity contribution < 1.29 is 24.4 Å². The maximum Gasteiger partial charge on any atom is 0.168 e. The van der Waals surface area contributed by atoms with Gasteiger partial charge in [0.2, 0.25) is 0 Å². The van der Waals surface area contributed by atoms with Crippen molar-refractivity contribution in [2.45, 2.75) is 56.0 Å². The van der Waals surface area contributed by atoms with Crippen molar-refractivity contribution >= 4 is 17.0 Å². The fourth-order valence-corrected chi connectivity index (χ4v) is 5.94. The SMILES string of the molecule is COC[C@H]1O[C@@H](n2cnc3c(NCC(c4ccccc4)c4ccccc4)nc(COC4CCN(C)CC4)nc32)[C@H](O)[C@@H]1O. The molecule has 0 saturated carbocycles. The third-order valence-electron chi connectivity index (χ3n) is 8.40. The van der Waals surface area contributed by atoms with Crippen molar-refractivity contribution in [3.05, 3.63) is 83.9 Å². The Kier molecular flexibility index (Phi) is 9.27. The van der Waals surface area contributed by atoms with Gasteiger partial charge in [0.1, 0.15) is 24.9 Å². The summed E-state index contributed by atoms with van der Waals surface area (Å²) in [6.07, 6.45) is -0.207. The lowest BCUT2D eigenvalue weighted by atomic mass is 9.91. The lowest BCUT2D eigenvalue weighted by Gasteiger charge is -2.28. The van der Waals surface area contributed by atoms with Crippen LogP contribution in [-0.2, 0) is 20.8 Å². The molecule has 4 heterocycles. The molecule has 2 aliphatic heterocycles.